The molecule has 2 aromatic carbocycles. The van der Waals surface area contributed by atoms with Crippen molar-refractivity contribution in [3.63, 3.8) is 0 Å². The van der Waals surface area contributed by atoms with Gasteiger partial charge in [0.1, 0.15) is 12.1 Å². The maximum absolute atomic E-state index is 14.3. The number of nitrogens with one attached hydrogen (secondary N) is 1. The fourth-order valence-electron chi connectivity index (χ4n) is 4.43. The van der Waals surface area contributed by atoms with Crippen molar-refractivity contribution < 1.29 is 13.9 Å². The number of methoxy groups -OCH3 is 1. The fraction of sp³-hybridized carbons (Fsp3) is 0.217. The fourth-order valence-corrected chi connectivity index (χ4v) is 4.43. The maximum Gasteiger partial charge on any atom is 0.258 e. The first kappa shape index (κ1) is 19.2. The van der Waals surface area contributed by atoms with E-state index in [9.17, 15) is 9.18 Å². The Balaban J connectivity index is 1.68. The molecule has 0 radical (unpaired) electrons. The van der Waals surface area contributed by atoms with Crippen molar-refractivity contribution in [2.24, 2.45) is 5.92 Å². The third-order valence-electron chi connectivity index (χ3n) is 5.92. The number of hydrogen-bond acceptors (Lipinski definition) is 5. The number of halogens is 1. The van der Waals surface area contributed by atoms with E-state index in [2.05, 4.69) is 20.5 Å². The third-order valence-corrected chi connectivity index (χ3v) is 5.92. The van der Waals surface area contributed by atoms with Crippen LogP contribution in [0.5, 0.6) is 5.88 Å². The Kier molecular flexibility index (Phi) is 4.25. The molecule has 2 aromatic heterocycles. The van der Waals surface area contributed by atoms with Crippen LogP contribution in [-0.2, 0) is 10.3 Å². The van der Waals surface area contributed by atoms with Gasteiger partial charge in [-0.05, 0) is 35.6 Å². The number of ether oxygens (including phenoxy) is 1. The minimum Gasteiger partial charge on any atom is -0.481 e. The molecule has 156 valence electrons. The lowest BCUT2D eigenvalue weighted by molar-refractivity contribution is -0.123. The second kappa shape index (κ2) is 6.87. The van der Waals surface area contributed by atoms with Crippen LogP contribution in [-0.4, -0.2) is 32.8 Å². The number of anilines is 1. The molecule has 0 spiro atoms. The molecule has 31 heavy (non-hydrogen) atoms. The molecule has 7 nitrogen and oxygen atoms in total. The molecule has 1 aliphatic rings. The number of hydrogen-bond donors (Lipinski definition) is 1. The van der Waals surface area contributed by atoms with Gasteiger partial charge in [0, 0.05) is 10.9 Å². The summed E-state index contributed by atoms with van der Waals surface area (Å²) in [7, 11) is 1.52. The maximum atomic E-state index is 14.3. The highest BCUT2D eigenvalue weighted by atomic mass is 19.1. The monoisotopic (exact) mass is 417 g/mol. The first-order chi connectivity index (χ1) is 15.0. The molecule has 0 bridgehead atoms. The third kappa shape index (κ3) is 2.64. The van der Waals surface area contributed by atoms with Crippen LogP contribution in [0.3, 0.4) is 0 Å². The summed E-state index contributed by atoms with van der Waals surface area (Å²) in [5.41, 5.74) is 0.885. The van der Waals surface area contributed by atoms with E-state index in [1.54, 1.807) is 16.7 Å². The Bertz CT molecular complexity index is 1330. The largest absolute Gasteiger partial charge is 0.481 e. The van der Waals surface area contributed by atoms with Crippen molar-refractivity contribution in [1.29, 1.82) is 0 Å². The van der Waals surface area contributed by atoms with Gasteiger partial charge >= 0.3 is 0 Å². The van der Waals surface area contributed by atoms with Crippen molar-refractivity contribution in [2.75, 3.05) is 12.4 Å². The smallest absolute Gasteiger partial charge is 0.258 e. The molecule has 0 aliphatic carbocycles. The summed E-state index contributed by atoms with van der Waals surface area (Å²) in [4.78, 5) is 17.8. The van der Waals surface area contributed by atoms with Gasteiger partial charge in [0.15, 0.2) is 5.54 Å². The van der Waals surface area contributed by atoms with Crippen LogP contribution in [0.2, 0.25) is 0 Å². The van der Waals surface area contributed by atoms with Crippen molar-refractivity contribution in [3.8, 4) is 17.1 Å². The van der Waals surface area contributed by atoms with Crippen LogP contribution in [0.25, 0.3) is 22.0 Å². The zero-order valence-electron chi connectivity index (χ0n) is 17.3. The average molecular weight is 417 g/mol. The Morgan fingerprint density at radius 1 is 1.16 bits per heavy atom. The number of benzene rings is 2. The first-order valence-electron chi connectivity index (χ1n) is 9.93. The molecular weight excluding hydrogens is 397 g/mol. The second-order valence-corrected chi connectivity index (χ2v) is 7.83. The lowest BCUT2D eigenvalue weighted by Crippen LogP contribution is -2.45. The predicted octanol–water partition coefficient (Wildman–Crippen LogP) is 3.99. The normalized spacial score (nSPS) is 17.8. The highest BCUT2D eigenvalue weighted by Crippen LogP contribution is 2.44. The summed E-state index contributed by atoms with van der Waals surface area (Å²) in [6, 6.07) is 14.2. The van der Waals surface area contributed by atoms with E-state index in [0.717, 1.165) is 10.9 Å². The molecule has 1 aliphatic heterocycles. The lowest BCUT2D eigenvalue weighted by atomic mass is 9.79. The minimum absolute atomic E-state index is 0.138. The van der Waals surface area contributed by atoms with Gasteiger partial charge in [0.2, 0.25) is 11.8 Å². The van der Waals surface area contributed by atoms with Crippen LogP contribution in [0.15, 0.2) is 54.9 Å². The standard InChI is InChI=1S/C23H20FN5O2/c1-13(2)23(21(30)27-22-28-25-12-29(22)23)17-9-10-19(26-20(17)31-3)15-8-7-14-5-4-6-18(24)16(14)11-15/h4-13H,1-3H3,(H,27,28,30). The number of carbonyl (C=O) groups is 1. The van der Waals surface area contributed by atoms with Crippen molar-refractivity contribution in [3.05, 3.63) is 66.2 Å². The lowest BCUT2D eigenvalue weighted by Gasteiger charge is -2.33. The van der Waals surface area contributed by atoms with E-state index in [-0.39, 0.29) is 17.6 Å². The number of amides is 1. The van der Waals surface area contributed by atoms with Crippen LogP contribution in [0.4, 0.5) is 10.3 Å². The van der Waals surface area contributed by atoms with Gasteiger partial charge in [0.25, 0.3) is 5.91 Å². The number of aromatic nitrogens is 4. The quantitative estimate of drug-likeness (QED) is 0.543. The number of nitrogens with zero attached hydrogens (tertiary/aromatic N) is 4. The molecule has 3 heterocycles. The van der Waals surface area contributed by atoms with Gasteiger partial charge in [-0.1, -0.05) is 38.1 Å². The van der Waals surface area contributed by atoms with Crippen LogP contribution < -0.4 is 10.1 Å². The molecule has 1 N–H and O–H groups in total. The summed E-state index contributed by atoms with van der Waals surface area (Å²) in [6.45, 7) is 3.91. The zero-order chi connectivity index (χ0) is 21.8. The summed E-state index contributed by atoms with van der Waals surface area (Å²) in [6.07, 6.45) is 1.53. The Labute approximate surface area is 177 Å². The van der Waals surface area contributed by atoms with Crippen LogP contribution in [0.1, 0.15) is 19.4 Å². The summed E-state index contributed by atoms with van der Waals surface area (Å²) in [5, 5.41) is 12.1. The number of fused-ring (bicyclic) bond motifs is 2. The molecule has 1 unspecified atom stereocenters. The van der Waals surface area contributed by atoms with Crippen LogP contribution >= 0.6 is 0 Å². The van der Waals surface area contributed by atoms with Gasteiger partial charge in [-0.2, -0.15) is 0 Å². The Hall–Kier alpha value is -3.81. The van der Waals surface area contributed by atoms with Crippen LogP contribution in [0, 0.1) is 11.7 Å². The molecule has 0 saturated carbocycles. The summed E-state index contributed by atoms with van der Waals surface area (Å²) < 4.78 is 21.6. The minimum atomic E-state index is -1.09. The predicted molar refractivity (Wildman–Crippen MR) is 114 cm³/mol. The van der Waals surface area contributed by atoms with E-state index in [1.807, 2.05) is 44.2 Å². The van der Waals surface area contributed by atoms with Crippen molar-refractivity contribution >= 4 is 22.6 Å². The molecule has 1 atom stereocenters. The Morgan fingerprint density at radius 3 is 2.77 bits per heavy atom. The Morgan fingerprint density at radius 2 is 2.00 bits per heavy atom. The van der Waals surface area contributed by atoms with Crippen molar-refractivity contribution in [2.45, 2.75) is 19.4 Å². The topological polar surface area (TPSA) is 81.9 Å². The van der Waals surface area contributed by atoms with Gasteiger partial charge < -0.3 is 4.74 Å². The molecule has 0 fully saturated rings. The number of pyridine rings is 1. The van der Waals surface area contributed by atoms with Gasteiger partial charge in [-0.3, -0.25) is 14.7 Å². The van der Waals surface area contributed by atoms with Gasteiger partial charge in [0.05, 0.1) is 18.4 Å². The number of rotatable bonds is 4. The van der Waals surface area contributed by atoms with E-state index in [4.69, 9.17) is 4.74 Å². The highest BCUT2D eigenvalue weighted by Gasteiger charge is 2.53. The summed E-state index contributed by atoms with van der Waals surface area (Å²) in [5.74, 6) is 0.0601. The zero-order valence-corrected chi connectivity index (χ0v) is 17.3. The molecule has 0 saturated heterocycles. The average Bonchev–Trinajstić information content (AvgIpc) is 3.33. The van der Waals surface area contributed by atoms with E-state index in [0.29, 0.717) is 28.5 Å². The van der Waals surface area contributed by atoms with Gasteiger partial charge in [-0.15, -0.1) is 10.2 Å². The van der Waals surface area contributed by atoms with E-state index >= 15 is 0 Å². The molecule has 1 amide bonds. The second-order valence-electron chi connectivity index (χ2n) is 7.83. The molecule has 4 aromatic rings. The highest BCUT2D eigenvalue weighted by molar-refractivity contribution is 6.02. The van der Waals surface area contributed by atoms with Gasteiger partial charge in [-0.25, -0.2) is 9.37 Å². The molecule has 8 heteroatoms. The SMILES string of the molecule is COc1nc(-c2ccc3cccc(F)c3c2)ccc1C1(C(C)C)C(=O)Nc2nncn21. The summed E-state index contributed by atoms with van der Waals surface area (Å²) >= 11 is 0. The van der Waals surface area contributed by atoms with Crippen molar-refractivity contribution in [1.82, 2.24) is 19.7 Å². The first-order valence-corrected chi connectivity index (χ1v) is 9.93. The molecular formula is C23H20FN5O2. The number of carbonyl (C=O) groups excluding carboxylic acids is 1. The van der Waals surface area contributed by atoms with E-state index < -0.39 is 5.54 Å². The van der Waals surface area contributed by atoms with E-state index in [1.165, 1.54) is 19.5 Å². The molecule has 5 rings (SSSR count).